The van der Waals surface area contributed by atoms with E-state index in [2.05, 4.69) is 10.2 Å². The smallest absolute Gasteiger partial charge is 0.326 e. The third-order valence-corrected chi connectivity index (χ3v) is 5.03. The number of likely N-dealkylation sites (N-methyl/N-ethyl adjacent to an activating group) is 1. The molecule has 6 nitrogen and oxygen atoms in total. The number of nitrogens with one attached hydrogen (secondary N) is 1. The number of carboxylic acids is 1. The number of carbonyl (C=O) groups excluding carboxylic acids is 1. The van der Waals surface area contributed by atoms with Crippen LogP contribution in [0.15, 0.2) is 30.3 Å². The van der Waals surface area contributed by atoms with Crippen LogP contribution in [0.3, 0.4) is 0 Å². The summed E-state index contributed by atoms with van der Waals surface area (Å²) in [6.07, 6.45) is 2.08. The van der Waals surface area contributed by atoms with Crippen molar-refractivity contribution >= 4 is 11.9 Å². The molecule has 1 heterocycles. The van der Waals surface area contributed by atoms with Crippen molar-refractivity contribution in [2.24, 2.45) is 5.92 Å². The molecule has 0 bridgehead atoms. The molecule has 0 saturated carbocycles. The Morgan fingerprint density at radius 3 is 2.56 bits per heavy atom. The molecule has 2 rings (SSSR count). The van der Waals surface area contributed by atoms with Crippen LogP contribution in [-0.2, 0) is 20.7 Å². The van der Waals surface area contributed by atoms with E-state index in [0.29, 0.717) is 0 Å². The summed E-state index contributed by atoms with van der Waals surface area (Å²) >= 11 is 0. The highest BCUT2D eigenvalue weighted by Gasteiger charge is 2.37. The number of benzene rings is 1. The van der Waals surface area contributed by atoms with E-state index < -0.39 is 17.9 Å². The third kappa shape index (κ3) is 5.03. The Morgan fingerprint density at radius 1 is 1.36 bits per heavy atom. The molecule has 1 aromatic rings. The van der Waals surface area contributed by atoms with Gasteiger partial charge in [-0.05, 0) is 32.0 Å². The zero-order chi connectivity index (χ0) is 18.4. The number of likely N-dealkylation sites (tertiary alicyclic amines) is 1. The topological polar surface area (TPSA) is 78.9 Å². The van der Waals surface area contributed by atoms with Gasteiger partial charge in [-0.25, -0.2) is 4.79 Å². The van der Waals surface area contributed by atoms with Gasteiger partial charge in [0, 0.05) is 19.6 Å². The number of carboxylic acid groups (broad SMARTS) is 1. The van der Waals surface area contributed by atoms with Crippen molar-refractivity contribution in [2.75, 3.05) is 20.7 Å². The zero-order valence-electron chi connectivity index (χ0n) is 15.1. The summed E-state index contributed by atoms with van der Waals surface area (Å²) in [5, 5.41) is 12.1. The van der Waals surface area contributed by atoms with Crippen molar-refractivity contribution in [3.05, 3.63) is 35.9 Å². The van der Waals surface area contributed by atoms with E-state index in [4.69, 9.17) is 4.74 Å². The van der Waals surface area contributed by atoms with E-state index in [1.165, 1.54) is 0 Å². The fourth-order valence-corrected chi connectivity index (χ4v) is 3.55. The molecule has 4 atom stereocenters. The predicted molar refractivity (Wildman–Crippen MR) is 95.3 cm³/mol. The molecule has 1 amide bonds. The third-order valence-electron chi connectivity index (χ3n) is 5.03. The van der Waals surface area contributed by atoms with E-state index in [1.54, 1.807) is 14.0 Å². The molecule has 25 heavy (non-hydrogen) atoms. The summed E-state index contributed by atoms with van der Waals surface area (Å²) in [6.45, 7) is 2.79. The highest BCUT2D eigenvalue weighted by atomic mass is 16.5. The molecule has 1 fully saturated rings. The fourth-order valence-electron chi connectivity index (χ4n) is 3.55. The Kier molecular flexibility index (Phi) is 6.96. The highest BCUT2D eigenvalue weighted by molar-refractivity contribution is 5.85. The quantitative estimate of drug-likeness (QED) is 0.745. The van der Waals surface area contributed by atoms with Crippen LogP contribution in [0.2, 0.25) is 0 Å². The summed E-state index contributed by atoms with van der Waals surface area (Å²) in [5.74, 6) is -1.74. The van der Waals surface area contributed by atoms with E-state index in [0.717, 1.165) is 24.9 Å². The average molecular weight is 348 g/mol. The van der Waals surface area contributed by atoms with Gasteiger partial charge in [0.2, 0.25) is 5.91 Å². The van der Waals surface area contributed by atoms with E-state index in [1.807, 2.05) is 37.4 Å². The van der Waals surface area contributed by atoms with E-state index >= 15 is 0 Å². The van der Waals surface area contributed by atoms with Gasteiger partial charge in [-0.3, -0.25) is 4.79 Å². The number of hydrogen-bond donors (Lipinski definition) is 2. The second-order valence-electron chi connectivity index (χ2n) is 6.77. The number of methoxy groups -OCH3 is 1. The fraction of sp³-hybridized carbons (Fsp3) is 0.579. The zero-order valence-corrected chi connectivity index (χ0v) is 15.1. The Bertz CT molecular complexity index is 578. The van der Waals surface area contributed by atoms with Gasteiger partial charge in [-0.2, -0.15) is 0 Å². The number of rotatable bonds is 8. The lowest BCUT2D eigenvalue weighted by atomic mass is 9.94. The first-order chi connectivity index (χ1) is 11.9. The minimum atomic E-state index is -1.03. The maximum Gasteiger partial charge on any atom is 0.326 e. The summed E-state index contributed by atoms with van der Waals surface area (Å²) in [7, 11) is 3.64. The van der Waals surface area contributed by atoms with Crippen molar-refractivity contribution in [2.45, 2.75) is 44.4 Å². The molecule has 0 spiro atoms. The standard InChI is InChI=1S/C19H28N2O4/c1-13(17(25-3)16-10-7-11-21(16)2)18(22)20-15(19(23)24)12-14-8-5-4-6-9-14/h4-6,8-9,13,15-17H,7,10-12H2,1-3H3,(H,20,22)(H,23,24)/t13-,15?,16+,17-/m1/s1. The summed E-state index contributed by atoms with van der Waals surface area (Å²) in [5.41, 5.74) is 0.877. The van der Waals surface area contributed by atoms with Gasteiger partial charge in [-0.15, -0.1) is 0 Å². The number of carbonyl (C=O) groups is 2. The van der Waals surface area contributed by atoms with Crippen LogP contribution >= 0.6 is 0 Å². The molecule has 0 aliphatic carbocycles. The first kappa shape index (κ1) is 19.4. The number of nitrogens with zero attached hydrogens (tertiary/aromatic N) is 1. The van der Waals surface area contributed by atoms with Crippen LogP contribution in [0.4, 0.5) is 0 Å². The summed E-state index contributed by atoms with van der Waals surface area (Å²) in [6, 6.07) is 8.54. The molecule has 1 saturated heterocycles. The molecule has 6 heteroatoms. The Labute approximate surface area is 149 Å². The number of hydrogen-bond acceptors (Lipinski definition) is 4. The maximum atomic E-state index is 12.6. The lowest BCUT2D eigenvalue weighted by Crippen LogP contribution is -2.50. The molecular weight excluding hydrogens is 320 g/mol. The molecule has 0 radical (unpaired) electrons. The summed E-state index contributed by atoms with van der Waals surface area (Å²) in [4.78, 5) is 26.4. The molecule has 2 N–H and O–H groups in total. The maximum absolute atomic E-state index is 12.6. The first-order valence-electron chi connectivity index (χ1n) is 8.74. The minimum Gasteiger partial charge on any atom is -0.480 e. The van der Waals surface area contributed by atoms with Crippen LogP contribution in [-0.4, -0.2) is 60.8 Å². The molecule has 1 aliphatic heterocycles. The van der Waals surface area contributed by atoms with E-state index in [9.17, 15) is 14.7 Å². The molecule has 0 aromatic heterocycles. The SMILES string of the molecule is CO[C@H]([C@@H](C)C(=O)NC(Cc1ccccc1)C(=O)O)[C@@H]1CCCN1C. The molecular formula is C19H28N2O4. The highest BCUT2D eigenvalue weighted by Crippen LogP contribution is 2.24. The van der Waals surface area contributed by atoms with Crippen LogP contribution in [0, 0.1) is 5.92 Å². The second-order valence-corrected chi connectivity index (χ2v) is 6.77. The number of ether oxygens (including phenoxy) is 1. The van der Waals surface area contributed by atoms with Crippen LogP contribution < -0.4 is 5.32 Å². The number of aliphatic carboxylic acids is 1. The van der Waals surface area contributed by atoms with Crippen molar-refractivity contribution in [3.63, 3.8) is 0 Å². The Balaban J connectivity index is 2.02. The number of amides is 1. The largest absolute Gasteiger partial charge is 0.480 e. The van der Waals surface area contributed by atoms with Gasteiger partial charge < -0.3 is 20.1 Å². The molecule has 138 valence electrons. The Hall–Kier alpha value is -1.92. The van der Waals surface area contributed by atoms with Gasteiger partial charge in [0.05, 0.1) is 12.0 Å². The van der Waals surface area contributed by atoms with Crippen molar-refractivity contribution in [3.8, 4) is 0 Å². The van der Waals surface area contributed by atoms with Gasteiger partial charge in [0.25, 0.3) is 0 Å². The summed E-state index contributed by atoms with van der Waals surface area (Å²) < 4.78 is 5.60. The molecule has 1 unspecified atom stereocenters. The van der Waals surface area contributed by atoms with Gasteiger partial charge >= 0.3 is 5.97 Å². The van der Waals surface area contributed by atoms with Gasteiger partial charge in [0.15, 0.2) is 0 Å². The van der Waals surface area contributed by atoms with Crippen molar-refractivity contribution in [1.29, 1.82) is 0 Å². The van der Waals surface area contributed by atoms with Crippen molar-refractivity contribution < 1.29 is 19.4 Å². The predicted octanol–water partition coefficient (Wildman–Crippen LogP) is 1.54. The first-order valence-corrected chi connectivity index (χ1v) is 8.74. The van der Waals surface area contributed by atoms with Crippen molar-refractivity contribution in [1.82, 2.24) is 10.2 Å². The monoisotopic (exact) mass is 348 g/mol. The van der Waals surface area contributed by atoms with Crippen LogP contribution in [0.1, 0.15) is 25.3 Å². The Morgan fingerprint density at radius 2 is 2.04 bits per heavy atom. The van der Waals surface area contributed by atoms with Crippen LogP contribution in [0.5, 0.6) is 0 Å². The molecule has 1 aliphatic rings. The minimum absolute atomic E-state index is 0.183. The lowest BCUT2D eigenvalue weighted by molar-refractivity contribution is -0.143. The molecule has 1 aromatic carbocycles. The van der Waals surface area contributed by atoms with Crippen LogP contribution in [0.25, 0.3) is 0 Å². The van der Waals surface area contributed by atoms with E-state index in [-0.39, 0.29) is 24.5 Å². The van der Waals surface area contributed by atoms with Gasteiger partial charge in [0.1, 0.15) is 6.04 Å². The van der Waals surface area contributed by atoms with Gasteiger partial charge in [-0.1, -0.05) is 37.3 Å². The lowest BCUT2D eigenvalue weighted by Gasteiger charge is -2.32. The average Bonchev–Trinajstić information content (AvgIpc) is 3.01. The normalized spacial score (nSPS) is 21.5. The second kappa shape index (κ2) is 8.97.